The minimum absolute atomic E-state index is 0.198. The third-order valence-corrected chi connectivity index (χ3v) is 4.62. The first-order chi connectivity index (χ1) is 9.08. The number of hydrogen-bond acceptors (Lipinski definition) is 3. The Morgan fingerprint density at radius 2 is 1.79 bits per heavy atom. The lowest BCUT2D eigenvalue weighted by molar-refractivity contribution is -0.139. The van der Waals surface area contributed by atoms with Gasteiger partial charge in [0, 0.05) is 32.1 Å². The number of rotatable bonds is 5. The predicted molar refractivity (Wildman–Crippen MR) is 78.0 cm³/mol. The summed E-state index contributed by atoms with van der Waals surface area (Å²) < 4.78 is 0. The standard InChI is InChI=1S/C15H29N3O/c1-12(2)4-5-17-6-8-18(9-7-17)15(19)13(3)14-10-16-11-14/h12-14,16H,4-11H2,1-3H3. The van der Waals surface area contributed by atoms with Crippen molar-refractivity contribution < 1.29 is 4.79 Å². The third-order valence-electron chi connectivity index (χ3n) is 4.62. The summed E-state index contributed by atoms with van der Waals surface area (Å²) in [7, 11) is 0. The molecular weight excluding hydrogens is 238 g/mol. The van der Waals surface area contributed by atoms with E-state index in [4.69, 9.17) is 0 Å². The largest absolute Gasteiger partial charge is 0.340 e. The molecule has 2 fully saturated rings. The van der Waals surface area contributed by atoms with Crippen molar-refractivity contribution in [3.63, 3.8) is 0 Å². The van der Waals surface area contributed by atoms with Crippen LogP contribution in [0.25, 0.3) is 0 Å². The van der Waals surface area contributed by atoms with Gasteiger partial charge in [-0.05, 0) is 37.9 Å². The molecule has 0 spiro atoms. The van der Waals surface area contributed by atoms with Crippen molar-refractivity contribution in [2.75, 3.05) is 45.8 Å². The summed E-state index contributed by atoms with van der Waals surface area (Å²) in [5.41, 5.74) is 0. The number of amides is 1. The van der Waals surface area contributed by atoms with Gasteiger partial charge in [-0.2, -0.15) is 0 Å². The molecule has 1 atom stereocenters. The van der Waals surface area contributed by atoms with Gasteiger partial charge in [-0.15, -0.1) is 0 Å². The second-order valence-electron chi connectivity index (χ2n) is 6.56. The van der Waals surface area contributed by atoms with Gasteiger partial charge >= 0.3 is 0 Å². The number of hydrogen-bond donors (Lipinski definition) is 1. The van der Waals surface area contributed by atoms with Crippen LogP contribution in [0.4, 0.5) is 0 Å². The van der Waals surface area contributed by atoms with Crippen LogP contribution in [-0.4, -0.2) is 61.5 Å². The van der Waals surface area contributed by atoms with E-state index < -0.39 is 0 Å². The van der Waals surface area contributed by atoms with Crippen LogP contribution >= 0.6 is 0 Å². The lowest BCUT2D eigenvalue weighted by atomic mass is 9.88. The molecule has 1 N–H and O–H groups in total. The smallest absolute Gasteiger partial charge is 0.225 e. The SMILES string of the molecule is CC(C)CCN1CCN(C(=O)C(C)C2CNC2)CC1. The number of carbonyl (C=O) groups is 1. The maximum absolute atomic E-state index is 12.4. The maximum atomic E-state index is 12.4. The molecule has 19 heavy (non-hydrogen) atoms. The molecule has 110 valence electrons. The third kappa shape index (κ3) is 3.93. The molecule has 0 aromatic carbocycles. The highest BCUT2D eigenvalue weighted by Crippen LogP contribution is 2.19. The first-order valence-electron chi connectivity index (χ1n) is 7.79. The van der Waals surface area contributed by atoms with Gasteiger partial charge in [0.2, 0.25) is 5.91 Å². The molecule has 0 radical (unpaired) electrons. The van der Waals surface area contributed by atoms with Crippen molar-refractivity contribution in [1.29, 1.82) is 0 Å². The van der Waals surface area contributed by atoms with Gasteiger partial charge in [0.05, 0.1) is 0 Å². The maximum Gasteiger partial charge on any atom is 0.225 e. The van der Waals surface area contributed by atoms with Crippen molar-refractivity contribution in [1.82, 2.24) is 15.1 Å². The molecule has 1 amide bonds. The molecule has 0 aromatic heterocycles. The van der Waals surface area contributed by atoms with Gasteiger partial charge in [-0.1, -0.05) is 20.8 Å². The molecule has 2 saturated heterocycles. The van der Waals surface area contributed by atoms with E-state index in [1.807, 2.05) is 0 Å². The van der Waals surface area contributed by atoms with Gasteiger partial charge in [0.15, 0.2) is 0 Å². The predicted octanol–water partition coefficient (Wildman–Crippen LogP) is 1.03. The summed E-state index contributed by atoms with van der Waals surface area (Å²) in [5, 5.41) is 3.26. The number of carbonyl (C=O) groups excluding carboxylic acids is 1. The molecule has 2 aliphatic rings. The highest BCUT2D eigenvalue weighted by molar-refractivity contribution is 5.79. The van der Waals surface area contributed by atoms with E-state index in [1.54, 1.807) is 0 Å². The Labute approximate surface area is 117 Å². The molecule has 0 saturated carbocycles. The summed E-state index contributed by atoms with van der Waals surface area (Å²) in [6, 6.07) is 0. The van der Waals surface area contributed by atoms with Crippen molar-refractivity contribution in [3.05, 3.63) is 0 Å². The molecule has 1 unspecified atom stereocenters. The van der Waals surface area contributed by atoms with Gasteiger partial charge in [0.25, 0.3) is 0 Å². The van der Waals surface area contributed by atoms with Crippen LogP contribution in [0.1, 0.15) is 27.2 Å². The van der Waals surface area contributed by atoms with Gasteiger partial charge in [0.1, 0.15) is 0 Å². The monoisotopic (exact) mass is 267 g/mol. The highest BCUT2D eigenvalue weighted by Gasteiger charge is 2.32. The van der Waals surface area contributed by atoms with Crippen LogP contribution in [0.3, 0.4) is 0 Å². The van der Waals surface area contributed by atoms with E-state index >= 15 is 0 Å². The second kappa shape index (κ2) is 6.71. The van der Waals surface area contributed by atoms with Crippen molar-refractivity contribution in [3.8, 4) is 0 Å². The van der Waals surface area contributed by atoms with E-state index in [2.05, 4.69) is 35.9 Å². The van der Waals surface area contributed by atoms with Gasteiger partial charge in [-0.3, -0.25) is 9.69 Å². The first-order valence-corrected chi connectivity index (χ1v) is 7.79. The van der Waals surface area contributed by atoms with Crippen LogP contribution in [0.2, 0.25) is 0 Å². The molecular formula is C15H29N3O. The van der Waals surface area contributed by atoms with Gasteiger partial charge < -0.3 is 10.2 Å². The van der Waals surface area contributed by atoms with Crippen LogP contribution in [0, 0.1) is 17.8 Å². The van der Waals surface area contributed by atoms with E-state index in [-0.39, 0.29) is 5.92 Å². The summed E-state index contributed by atoms with van der Waals surface area (Å²) >= 11 is 0. The lowest BCUT2D eigenvalue weighted by Gasteiger charge is -2.39. The van der Waals surface area contributed by atoms with Gasteiger partial charge in [-0.25, -0.2) is 0 Å². The zero-order chi connectivity index (χ0) is 13.8. The Hall–Kier alpha value is -0.610. The Bertz CT molecular complexity index is 294. The topological polar surface area (TPSA) is 35.6 Å². The molecule has 0 bridgehead atoms. The Balaban J connectivity index is 1.71. The lowest BCUT2D eigenvalue weighted by Crippen LogP contribution is -2.54. The number of nitrogens with one attached hydrogen (secondary N) is 1. The number of nitrogens with zero attached hydrogens (tertiary/aromatic N) is 2. The Morgan fingerprint density at radius 3 is 2.26 bits per heavy atom. The minimum Gasteiger partial charge on any atom is -0.340 e. The molecule has 0 aliphatic carbocycles. The second-order valence-corrected chi connectivity index (χ2v) is 6.56. The fourth-order valence-electron chi connectivity index (χ4n) is 2.79. The summed E-state index contributed by atoms with van der Waals surface area (Å²) in [5.74, 6) is 1.90. The van der Waals surface area contributed by atoms with Crippen LogP contribution in [0.15, 0.2) is 0 Å². The van der Waals surface area contributed by atoms with Crippen LogP contribution < -0.4 is 5.32 Å². The molecule has 0 aromatic rings. The molecule has 2 rings (SSSR count). The summed E-state index contributed by atoms with van der Waals surface area (Å²) in [6.45, 7) is 13.8. The van der Waals surface area contributed by atoms with Crippen molar-refractivity contribution in [2.24, 2.45) is 17.8 Å². The minimum atomic E-state index is 0.198. The molecule has 2 heterocycles. The van der Waals surface area contributed by atoms with E-state index in [0.29, 0.717) is 11.8 Å². The van der Waals surface area contributed by atoms with Crippen molar-refractivity contribution >= 4 is 5.91 Å². The highest BCUT2D eigenvalue weighted by atomic mass is 16.2. The van der Waals surface area contributed by atoms with Crippen LogP contribution in [-0.2, 0) is 4.79 Å². The summed E-state index contributed by atoms with van der Waals surface area (Å²) in [6.07, 6.45) is 1.26. The van der Waals surface area contributed by atoms with Crippen LogP contribution in [0.5, 0.6) is 0 Å². The number of piperazine rings is 1. The molecule has 4 heteroatoms. The zero-order valence-electron chi connectivity index (χ0n) is 12.7. The van der Waals surface area contributed by atoms with E-state index in [1.165, 1.54) is 13.0 Å². The zero-order valence-corrected chi connectivity index (χ0v) is 12.7. The van der Waals surface area contributed by atoms with E-state index in [0.717, 1.165) is 45.2 Å². The Kier molecular flexibility index (Phi) is 5.22. The Morgan fingerprint density at radius 1 is 1.16 bits per heavy atom. The summed E-state index contributed by atoms with van der Waals surface area (Å²) in [4.78, 5) is 17.0. The average molecular weight is 267 g/mol. The fourth-order valence-corrected chi connectivity index (χ4v) is 2.79. The molecule has 4 nitrogen and oxygen atoms in total. The first kappa shape index (κ1) is 14.8. The quantitative estimate of drug-likeness (QED) is 0.808. The van der Waals surface area contributed by atoms with E-state index in [9.17, 15) is 4.79 Å². The average Bonchev–Trinajstić information content (AvgIpc) is 2.34. The normalized spacial score (nSPS) is 23.5. The fraction of sp³-hybridized carbons (Fsp3) is 0.933. The molecule has 2 aliphatic heterocycles. The van der Waals surface area contributed by atoms with Crippen molar-refractivity contribution in [2.45, 2.75) is 27.2 Å².